The van der Waals surface area contributed by atoms with Gasteiger partial charge in [0, 0.05) is 17.3 Å². The second-order valence-electron chi connectivity index (χ2n) is 10.1. The van der Waals surface area contributed by atoms with Crippen LogP contribution in [-0.2, 0) is 15.7 Å². The highest BCUT2D eigenvalue weighted by Gasteiger charge is 2.36. The number of amides is 2. The van der Waals surface area contributed by atoms with Gasteiger partial charge in [0.15, 0.2) is 0 Å². The molecule has 4 aromatic rings. The normalized spacial score (nSPS) is 17.9. The van der Waals surface area contributed by atoms with E-state index in [0.29, 0.717) is 16.9 Å². The number of halogens is 4. The summed E-state index contributed by atoms with van der Waals surface area (Å²) in [5.41, 5.74) is 6.37. The minimum Gasteiger partial charge on any atom is -0.496 e. The zero-order valence-electron chi connectivity index (χ0n) is 23.6. The molecule has 232 valence electrons. The molecule has 12 nitrogen and oxygen atoms in total. The van der Waals surface area contributed by atoms with E-state index in [-0.39, 0.29) is 53.0 Å². The molecule has 16 heteroatoms. The lowest BCUT2D eigenvalue weighted by molar-refractivity contribution is -0.152. The van der Waals surface area contributed by atoms with E-state index in [0.717, 1.165) is 18.3 Å². The lowest BCUT2D eigenvalue weighted by Crippen LogP contribution is -2.51. The summed E-state index contributed by atoms with van der Waals surface area (Å²) in [5, 5.41) is 12.4. The van der Waals surface area contributed by atoms with E-state index < -0.39 is 35.8 Å². The summed E-state index contributed by atoms with van der Waals surface area (Å²) < 4.78 is 52.5. The Bertz CT molecular complexity index is 1750. The quantitative estimate of drug-likeness (QED) is 0.286. The number of rotatable bonds is 6. The molecule has 2 amide bonds. The van der Waals surface area contributed by atoms with Gasteiger partial charge in [0.2, 0.25) is 0 Å². The third-order valence-electron chi connectivity index (χ3n) is 7.08. The number of pyridine rings is 1. The van der Waals surface area contributed by atoms with Gasteiger partial charge in [-0.15, -0.1) is 0 Å². The molecule has 0 unspecified atom stereocenters. The largest absolute Gasteiger partial charge is 0.496 e. The molecule has 5 rings (SSSR count). The second-order valence-corrected chi connectivity index (χ2v) is 10.5. The maximum absolute atomic E-state index is 13.1. The highest BCUT2D eigenvalue weighted by atomic mass is 35.5. The highest BCUT2D eigenvalue weighted by Crippen LogP contribution is 2.39. The number of nitrogens with two attached hydrogens (primary N) is 1. The lowest BCUT2D eigenvalue weighted by Gasteiger charge is -2.38. The molecule has 1 fully saturated rings. The second kappa shape index (κ2) is 11.9. The van der Waals surface area contributed by atoms with Gasteiger partial charge in [0.05, 0.1) is 38.1 Å². The number of morpholine rings is 1. The molecule has 0 bridgehead atoms. The maximum atomic E-state index is 13.1. The van der Waals surface area contributed by atoms with Crippen LogP contribution < -0.4 is 15.8 Å². The van der Waals surface area contributed by atoms with Gasteiger partial charge in [-0.25, -0.2) is 15.0 Å². The van der Waals surface area contributed by atoms with E-state index >= 15 is 0 Å². The molecule has 4 heterocycles. The maximum Gasteiger partial charge on any atom is 0.416 e. The monoisotopic (exact) mass is 633 g/mol. The number of imidazole rings is 1. The molecule has 1 aliphatic rings. The van der Waals surface area contributed by atoms with Crippen LogP contribution in [0.3, 0.4) is 0 Å². The fourth-order valence-electron chi connectivity index (χ4n) is 4.89. The van der Waals surface area contributed by atoms with Crippen molar-refractivity contribution in [3.8, 4) is 17.0 Å². The number of carbonyl (C=O) groups excluding carboxylic acids is 2. The summed E-state index contributed by atoms with van der Waals surface area (Å²) in [5.74, 6) is -0.905. The number of nitrogen functional groups attached to an aromatic ring is 1. The minimum atomic E-state index is -4.61. The van der Waals surface area contributed by atoms with Crippen LogP contribution in [0.5, 0.6) is 5.75 Å². The smallest absolute Gasteiger partial charge is 0.416 e. The van der Waals surface area contributed by atoms with Gasteiger partial charge < -0.3 is 30.5 Å². The van der Waals surface area contributed by atoms with Crippen LogP contribution in [0.25, 0.3) is 16.8 Å². The number of nitrogens with zero attached hydrogens (tertiary/aromatic N) is 5. The number of aliphatic hydroxyl groups excluding tert-OH is 1. The van der Waals surface area contributed by atoms with Crippen LogP contribution in [0.2, 0.25) is 5.15 Å². The molecular weight excluding hydrogens is 607 g/mol. The van der Waals surface area contributed by atoms with Crippen molar-refractivity contribution in [2.75, 3.05) is 31.3 Å². The highest BCUT2D eigenvalue weighted by molar-refractivity contribution is 6.30. The molecule has 1 saturated heterocycles. The molecule has 0 aliphatic carbocycles. The SMILES string of the molecule is COc1cc(C(=O)Nc2cc(C(F)(F)F)ccn2)ccc1-c1nc([C@H]2CN(C(=O)[C@@H](C)O)[C@@H](C)CO2)n2c(Cl)cnc(N)c12. The van der Waals surface area contributed by atoms with E-state index in [9.17, 15) is 27.9 Å². The summed E-state index contributed by atoms with van der Waals surface area (Å²) in [6.07, 6.45) is -4.29. The number of methoxy groups -OCH3 is 1. The number of benzene rings is 1. The number of carbonyl (C=O) groups is 2. The standard InChI is InChI=1S/C28H27ClF3N7O5/c1-13-12-44-19(11-38(13)27(42)14(2)40)25-37-22(23-24(33)35-10-20(29)39(23)25)17-5-4-15(8-18(17)43-3)26(41)36-21-9-16(6-7-34-21)28(30,31)32/h4-10,13-14,19,40H,11-12H2,1-3H3,(H2,33,35)(H,34,36,41)/t13-,14+,19+/m0/s1. The van der Waals surface area contributed by atoms with Crippen LogP contribution in [0.1, 0.15) is 41.7 Å². The van der Waals surface area contributed by atoms with Gasteiger partial charge >= 0.3 is 6.18 Å². The number of ether oxygens (including phenoxy) is 2. The Morgan fingerprint density at radius 2 is 2.00 bits per heavy atom. The Labute approximate surface area is 253 Å². The number of hydrogen-bond acceptors (Lipinski definition) is 9. The predicted molar refractivity (Wildman–Crippen MR) is 153 cm³/mol. The Balaban J connectivity index is 1.53. The molecule has 3 atom stereocenters. The average Bonchev–Trinajstić information content (AvgIpc) is 3.40. The number of aliphatic hydroxyl groups is 1. The van der Waals surface area contributed by atoms with Gasteiger partial charge in [-0.2, -0.15) is 13.2 Å². The topological polar surface area (TPSA) is 157 Å². The Kier molecular flexibility index (Phi) is 8.38. The minimum absolute atomic E-state index is 0.0644. The average molecular weight is 634 g/mol. The third-order valence-corrected chi connectivity index (χ3v) is 7.35. The first-order valence-electron chi connectivity index (χ1n) is 13.3. The van der Waals surface area contributed by atoms with Gasteiger partial charge in [-0.3, -0.25) is 14.0 Å². The van der Waals surface area contributed by atoms with Crippen molar-refractivity contribution in [3.05, 3.63) is 64.8 Å². The molecule has 3 aromatic heterocycles. The van der Waals surface area contributed by atoms with Gasteiger partial charge in [-0.05, 0) is 44.2 Å². The van der Waals surface area contributed by atoms with Crippen molar-refractivity contribution in [2.24, 2.45) is 0 Å². The van der Waals surface area contributed by atoms with Crippen LogP contribution in [0, 0.1) is 0 Å². The van der Waals surface area contributed by atoms with Gasteiger partial charge in [-0.1, -0.05) is 11.6 Å². The molecule has 0 radical (unpaired) electrons. The number of anilines is 2. The predicted octanol–water partition coefficient (Wildman–Crippen LogP) is 3.98. The molecule has 0 saturated carbocycles. The molecule has 4 N–H and O–H groups in total. The van der Waals surface area contributed by atoms with Crippen molar-refractivity contribution >= 4 is 40.6 Å². The number of alkyl halides is 3. The number of fused-ring (bicyclic) bond motifs is 1. The van der Waals surface area contributed by atoms with Crippen molar-refractivity contribution in [2.45, 2.75) is 38.3 Å². The van der Waals surface area contributed by atoms with E-state index in [2.05, 4.69) is 15.3 Å². The Morgan fingerprint density at radius 3 is 2.68 bits per heavy atom. The molecule has 1 aromatic carbocycles. The summed E-state index contributed by atoms with van der Waals surface area (Å²) in [6.45, 7) is 3.42. The Hall–Kier alpha value is -4.47. The van der Waals surface area contributed by atoms with E-state index in [1.807, 2.05) is 0 Å². The number of hydrogen-bond donors (Lipinski definition) is 3. The van der Waals surface area contributed by atoms with Crippen LogP contribution in [0.4, 0.5) is 24.8 Å². The summed E-state index contributed by atoms with van der Waals surface area (Å²) in [4.78, 5) is 39.9. The van der Waals surface area contributed by atoms with Crippen molar-refractivity contribution in [1.82, 2.24) is 24.3 Å². The fraction of sp³-hybridized carbons (Fsp3) is 0.321. The lowest BCUT2D eigenvalue weighted by atomic mass is 10.1. The van der Waals surface area contributed by atoms with Crippen molar-refractivity contribution in [1.29, 1.82) is 0 Å². The zero-order valence-corrected chi connectivity index (χ0v) is 24.3. The fourth-order valence-corrected chi connectivity index (χ4v) is 5.11. The molecule has 44 heavy (non-hydrogen) atoms. The summed E-state index contributed by atoms with van der Waals surface area (Å²) in [6, 6.07) is 5.58. The van der Waals surface area contributed by atoms with Gasteiger partial charge in [0.25, 0.3) is 11.8 Å². The first-order valence-corrected chi connectivity index (χ1v) is 13.6. The van der Waals surface area contributed by atoms with Crippen molar-refractivity contribution in [3.63, 3.8) is 0 Å². The molecular formula is C28H27ClF3N7O5. The number of nitrogens with one attached hydrogen (secondary N) is 1. The summed E-state index contributed by atoms with van der Waals surface area (Å²) >= 11 is 6.56. The Morgan fingerprint density at radius 1 is 1.25 bits per heavy atom. The first-order chi connectivity index (χ1) is 20.8. The van der Waals surface area contributed by atoms with Crippen LogP contribution in [-0.4, -0.2) is 73.6 Å². The molecule has 0 spiro atoms. The van der Waals surface area contributed by atoms with E-state index in [4.69, 9.17) is 31.8 Å². The summed E-state index contributed by atoms with van der Waals surface area (Å²) in [7, 11) is 1.37. The van der Waals surface area contributed by atoms with Gasteiger partial charge in [0.1, 0.15) is 51.8 Å². The molecule has 1 aliphatic heterocycles. The zero-order chi connectivity index (χ0) is 31.9. The third kappa shape index (κ3) is 5.85. The first kappa shape index (κ1) is 31.0. The van der Waals surface area contributed by atoms with Crippen LogP contribution >= 0.6 is 11.6 Å². The van der Waals surface area contributed by atoms with Crippen LogP contribution in [0.15, 0.2) is 42.7 Å². The number of aromatic nitrogens is 4. The van der Waals surface area contributed by atoms with E-state index in [1.54, 1.807) is 11.3 Å². The van der Waals surface area contributed by atoms with E-state index in [1.165, 1.54) is 43.3 Å². The van der Waals surface area contributed by atoms with Crippen molar-refractivity contribution < 1.29 is 37.3 Å².